The molecule has 0 aliphatic rings. The molecule has 0 N–H and O–H groups in total. The van der Waals surface area contributed by atoms with Crippen LogP contribution < -0.4 is 4.31 Å². The molecular weight excluding hydrogens is 352 g/mol. The van der Waals surface area contributed by atoms with Crippen molar-refractivity contribution in [2.45, 2.75) is 25.2 Å². The highest BCUT2D eigenvalue weighted by molar-refractivity contribution is 7.92. The van der Waals surface area contributed by atoms with Gasteiger partial charge in [0.2, 0.25) is 0 Å². The molecule has 0 saturated heterocycles. The average molecular weight is 372 g/mol. The summed E-state index contributed by atoms with van der Waals surface area (Å²) in [6, 6.07) is 14.9. The van der Waals surface area contributed by atoms with E-state index in [1.54, 1.807) is 43.3 Å². The summed E-state index contributed by atoms with van der Waals surface area (Å²) in [6.07, 6.45) is 0.225. The van der Waals surface area contributed by atoms with Crippen molar-refractivity contribution < 1.29 is 17.9 Å². The maximum absolute atomic E-state index is 13.1. The number of esters is 1. The lowest BCUT2D eigenvalue weighted by atomic mass is 10.1. The van der Waals surface area contributed by atoms with Gasteiger partial charge < -0.3 is 4.74 Å². The minimum atomic E-state index is -3.94. The van der Waals surface area contributed by atoms with E-state index in [1.807, 2.05) is 13.0 Å². The molecule has 0 fully saturated rings. The second kappa shape index (κ2) is 8.50. The van der Waals surface area contributed by atoms with E-state index < -0.39 is 22.5 Å². The molecule has 2 aromatic carbocycles. The first-order chi connectivity index (χ1) is 12.4. The number of carbonyl (C=O) groups is 1. The van der Waals surface area contributed by atoms with E-state index in [0.717, 1.165) is 15.4 Å². The first-order valence-corrected chi connectivity index (χ1v) is 9.53. The molecule has 0 unspecified atom stereocenters. The number of hydrogen-bond acceptors (Lipinski definition) is 5. The second-order valence-corrected chi connectivity index (χ2v) is 7.49. The van der Waals surface area contributed by atoms with Crippen LogP contribution in [-0.2, 0) is 26.0 Å². The van der Waals surface area contributed by atoms with E-state index in [1.165, 1.54) is 12.1 Å². The Morgan fingerprint density at radius 1 is 1.12 bits per heavy atom. The molecule has 0 heterocycles. The van der Waals surface area contributed by atoms with Gasteiger partial charge in [0.05, 0.1) is 29.7 Å². The number of benzene rings is 2. The van der Waals surface area contributed by atoms with Gasteiger partial charge in [-0.05, 0) is 43.7 Å². The number of rotatable bonds is 7. The molecule has 0 bridgehead atoms. The van der Waals surface area contributed by atoms with Crippen LogP contribution in [-0.4, -0.2) is 27.5 Å². The summed E-state index contributed by atoms with van der Waals surface area (Å²) in [7, 11) is -3.94. The molecule has 7 heteroatoms. The Hall–Kier alpha value is -2.85. The Balaban J connectivity index is 2.44. The van der Waals surface area contributed by atoms with Gasteiger partial charge in [-0.25, -0.2) is 8.42 Å². The van der Waals surface area contributed by atoms with E-state index in [2.05, 4.69) is 0 Å². The molecule has 6 nitrogen and oxygen atoms in total. The van der Waals surface area contributed by atoms with Gasteiger partial charge in [0.1, 0.15) is 6.54 Å². The summed E-state index contributed by atoms with van der Waals surface area (Å²) >= 11 is 0. The first kappa shape index (κ1) is 19.5. The average Bonchev–Trinajstić information content (AvgIpc) is 2.61. The maximum Gasteiger partial charge on any atom is 0.326 e. The van der Waals surface area contributed by atoms with Crippen LogP contribution in [0.5, 0.6) is 0 Å². The van der Waals surface area contributed by atoms with Crippen molar-refractivity contribution in [2.75, 3.05) is 17.5 Å². The van der Waals surface area contributed by atoms with Crippen molar-refractivity contribution in [2.24, 2.45) is 0 Å². The summed E-state index contributed by atoms with van der Waals surface area (Å²) in [5, 5.41) is 8.76. The molecule has 0 spiro atoms. The summed E-state index contributed by atoms with van der Waals surface area (Å²) in [5.41, 5.74) is 2.03. The van der Waals surface area contributed by atoms with E-state index in [-0.39, 0.29) is 17.9 Å². The van der Waals surface area contributed by atoms with Gasteiger partial charge >= 0.3 is 5.97 Å². The van der Waals surface area contributed by atoms with Crippen LogP contribution in [0, 0.1) is 18.3 Å². The molecule has 0 amide bonds. The lowest BCUT2D eigenvalue weighted by molar-refractivity contribution is -0.141. The Kier molecular flexibility index (Phi) is 6.36. The van der Waals surface area contributed by atoms with Crippen LogP contribution in [0.2, 0.25) is 0 Å². The molecule has 0 atom stereocenters. The fraction of sp³-hybridized carbons (Fsp3) is 0.263. The minimum absolute atomic E-state index is 0.0912. The molecule has 0 radical (unpaired) electrons. The van der Waals surface area contributed by atoms with Crippen LogP contribution in [0.3, 0.4) is 0 Å². The van der Waals surface area contributed by atoms with Gasteiger partial charge in [-0.3, -0.25) is 9.10 Å². The van der Waals surface area contributed by atoms with Gasteiger partial charge in [-0.15, -0.1) is 0 Å². The zero-order valence-corrected chi connectivity index (χ0v) is 15.5. The van der Waals surface area contributed by atoms with Crippen molar-refractivity contribution in [3.8, 4) is 6.07 Å². The number of anilines is 1. The number of aryl methyl sites for hydroxylation is 1. The van der Waals surface area contributed by atoms with Gasteiger partial charge in [0.15, 0.2) is 0 Å². The van der Waals surface area contributed by atoms with Crippen molar-refractivity contribution in [3.63, 3.8) is 0 Å². The molecule has 2 rings (SSSR count). The third kappa shape index (κ3) is 4.61. The van der Waals surface area contributed by atoms with Gasteiger partial charge in [0, 0.05) is 0 Å². The Morgan fingerprint density at radius 3 is 2.27 bits per heavy atom. The first-order valence-electron chi connectivity index (χ1n) is 8.09. The normalized spacial score (nSPS) is 10.8. The standard InChI is InChI=1S/C19H20N2O4S/c1-3-25-19(22)14-21(17-8-6-16(7-9-17)12-13-20)26(23,24)18-10-4-15(2)5-11-18/h4-11H,3,12,14H2,1-2H3. The van der Waals surface area contributed by atoms with E-state index >= 15 is 0 Å². The molecule has 0 aliphatic heterocycles. The quantitative estimate of drug-likeness (QED) is 0.698. The van der Waals surface area contributed by atoms with Crippen LogP contribution >= 0.6 is 0 Å². The van der Waals surface area contributed by atoms with Crippen molar-refractivity contribution in [1.29, 1.82) is 5.26 Å². The van der Waals surface area contributed by atoms with Crippen LogP contribution in [0.15, 0.2) is 53.4 Å². The Morgan fingerprint density at radius 2 is 1.73 bits per heavy atom. The maximum atomic E-state index is 13.1. The van der Waals surface area contributed by atoms with Gasteiger partial charge in [0.25, 0.3) is 10.0 Å². The molecule has 0 aromatic heterocycles. The zero-order valence-electron chi connectivity index (χ0n) is 14.7. The number of nitriles is 1. The van der Waals surface area contributed by atoms with Crippen molar-refractivity contribution in [1.82, 2.24) is 0 Å². The number of carbonyl (C=O) groups excluding carboxylic acids is 1. The molecular formula is C19H20N2O4S. The third-order valence-corrected chi connectivity index (χ3v) is 5.48. The Labute approximate surface area is 153 Å². The molecule has 26 heavy (non-hydrogen) atoms. The number of hydrogen-bond donors (Lipinski definition) is 0. The van der Waals surface area contributed by atoms with E-state index in [4.69, 9.17) is 10.00 Å². The van der Waals surface area contributed by atoms with Crippen LogP contribution in [0.1, 0.15) is 18.1 Å². The second-order valence-electron chi connectivity index (χ2n) is 5.63. The predicted octanol–water partition coefficient (Wildman–Crippen LogP) is 2.82. The molecule has 136 valence electrons. The fourth-order valence-electron chi connectivity index (χ4n) is 2.35. The predicted molar refractivity (Wildman–Crippen MR) is 98.1 cm³/mol. The monoisotopic (exact) mass is 372 g/mol. The van der Waals surface area contributed by atoms with Gasteiger partial charge in [-0.2, -0.15) is 5.26 Å². The largest absolute Gasteiger partial charge is 0.465 e. The highest BCUT2D eigenvalue weighted by Crippen LogP contribution is 2.24. The highest BCUT2D eigenvalue weighted by Gasteiger charge is 2.27. The third-order valence-electron chi connectivity index (χ3n) is 3.69. The molecule has 0 saturated carbocycles. The highest BCUT2D eigenvalue weighted by atomic mass is 32.2. The smallest absolute Gasteiger partial charge is 0.326 e. The Bertz CT molecular complexity index is 898. The molecule has 0 aliphatic carbocycles. The van der Waals surface area contributed by atoms with Crippen molar-refractivity contribution >= 4 is 21.7 Å². The van der Waals surface area contributed by atoms with Crippen LogP contribution in [0.4, 0.5) is 5.69 Å². The lowest BCUT2D eigenvalue weighted by Crippen LogP contribution is -2.36. The number of nitrogens with zero attached hydrogens (tertiary/aromatic N) is 2. The van der Waals surface area contributed by atoms with Gasteiger partial charge in [-0.1, -0.05) is 29.8 Å². The topological polar surface area (TPSA) is 87.5 Å². The summed E-state index contributed by atoms with van der Waals surface area (Å²) in [6.45, 7) is 3.26. The van der Waals surface area contributed by atoms with Crippen LogP contribution in [0.25, 0.3) is 0 Å². The number of sulfonamides is 1. The van der Waals surface area contributed by atoms with E-state index in [9.17, 15) is 13.2 Å². The van der Waals surface area contributed by atoms with E-state index in [0.29, 0.717) is 5.69 Å². The number of ether oxygens (including phenoxy) is 1. The minimum Gasteiger partial charge on any atom is -0.465 e. The summed E-state index contributed by atoms with van der Waals surface area (Å²) in [4.78, 5) is 12.0. The fourth-order valence-corrected chi connectivity index (χ4v) is 3.76. The van der Waals surface area contributed by atoms with Crippen molar-refractivity contribution in [3.05, 3.63) is 59.7 Å². The summed E-state index contributed by atoms with van der Waals surface area (Å²) < 4.78 is 32.1. The SMILES string of the molecule is CCOC(=O)CN(c1ccc(CC#N)cc1)S(=O)(=O)c1ccc(C)cc1. The lowest BCUT2D eigenvalue weighted by Gasteiger charge is -2.24. The zero-order chi connectivity index (χ0) is 19.2. The summed E-state index contributed by atoms with van der Waals surface area (Å²) in [5.74, 6) is -0.635. The molecule has 2 aromatic rings.